The van der Waals surface area contributed by atoms with E-state index in [2.05, 4.69) is 30.1 Å². The van der Waals surface area contributed by atoms with Gasteiger partial charge in [0.25, 0.3) is 0 Å². The van der Waals surface area contributed by atoms with Crippen molar-refractivity contribution in [1.29, 1.82) is 0 Å². The van der Waals surface area contributed by atoms with E-state index >= 15 is 0 Å². The van der Waals surface area contributed by atoms with Crippen LogP contribution in [0.3, 0.4) is 0 Å². The first-order chi connectivity index (χ1) is 11.8. The fraction of sp³-hybridized carbons (Fsp3) is 0.650. The number of likely N-dealkylation sites (tertiary alicyclic amines) is 1. The van der Waals surface area contributed by atoms with Crippen LogP contribution in [0.15, 0.2) is 24.3 Å². The van der Waals surface area contributed by atoms with Gasteiger partial charge in [0, 0.05) is 25.7 Å². The minimum absolute atomic E-state index is 0. The van der Waals surface area contributed by atoms with E-state index in [1.807, 2.05) is 32.0 Å². The zero-order valence-corrected chi connectivity index (χ0v) is 17.3. The summed E-state index contributed by atoms with van der Waals surface area (Å²) in [6.45, 7) is 11.7. The Morgan fingerprint density at radius 3 is 2.62 bits per heavy atom. The highest BCUT2D eigenvalue weighted by Crippen LogP contribution is 2.27. The number of halogens is 1. The van der Waals surface area contributed by atoms with Gasteiger partial charge in [-0.05, 0) is 36.8 Å². The van der Waals surface area contributed by atoms with Crippen molar-refractivity contribution in [3.8, 4) is 0 Å². The highest BCUT2D eigenvalue weighted by atomic mass is 35.5. The van der Waals surface area contributed by atoms with Gasteiger partial charge in [-0.1, -0.05) is 38.1 Å². The van der Waals surface area contributed by atoms with Crippen LogP contribution in [0.2, 0.25) is 0 Å². The monoisotopic (exact) mass is 383 g/mol. The Kier molecular flexibility index (Phi) is 9.04. The number of nitrogens with two attached hydrogens (primary N) is 1. The average molecular weight is 384 g/mol. The number of rotatable bonds is 7. The maximum Gasteiger partial charge on any atom is 0.234 e. The molecular formula is C20H34ClN3O2. The Hall–Kier alpha value is -1.14. The summed E-state index contributed by atoms with van der Waals surface area (Å²) in [5.74, 6) is 0.0610. The molecule has 1 amide bonds. The van der Waals surface area contributed by atoms with E-state index in [0.717, 1.165) is 30.6 Å². The number of nitrogens with one attached hydrogen (secondary N) is 1. The summed E-state index contributed by atoms with van der Waals surface area (Å²) in [6.07, 6.45) is 1.13. The number of carbonyl (C=O) groups is 1. The van der Waals surface area contributed by atoms with Crippen LogP contribution in [-0.2, 0) is 22.7 Å². The average Bonchev–Trinajstić information content (AvgIpc) is 2.55. The van der Waals surface area contributed by atoms with Crippen molar-refractivity contribution in [2.75, 3.05) is 19.6 Å². The molecule has 2 rings (SSSR count). The fourth-order valence-corrected chi connectivity index (χ4v) is 3.20. The maximum absolute atomic E-state index is 12.3. The molecule has 0 saturated carbocycles. The predicted octanol–water partition coefficient (Wildman–Crippen LogP) is 2.71. The number of piperidine rings is 1. The van der Waals surface area contributed by atoms with Crippen molar-refractivity contribution in [2.45, 2.75) is 59.4 Å². The first kappa shape index (κ1) is 22.9. The van der Waals surface area contributed by atoms with E-state index in [4.69, 9.17) is 10.5 Å². The van der Waals surface area contributed by atoms with E-state index in [1.165, 1.54) is 0 Å². The third-order valence-corrected chi connectivity index (χ3v) is 4.93. The summed E-state index contributed by atoms with van der Waals surface area (Å²) in [7, 11) is 0. The lowest BCUT2D eigenvalue weighted by atomic mass is 9.80. The molecule has 148 valence electrons. The topological polar surface area (TPSA) is 67.6 Å². The highest BCUT2D eigenvalue weighted by Gasteiger charge is 2.33. The largest absolute Gasteiger partial charge is 0.374 e. The molecule has 0 spiro atoms. The number of carbonyl (C=O) groups excluding carboxylic acids is 1. The van der Waals surface area contributed by atoms with Gasteiger partial charge in [0.15, 0.2) is 0 Å². The van der Waals surface area contributed by atoms with Gasteiger partial charge in [0.2, 0.25) is 5.91 Å². The third-order valence-electron chi connectivity index (χ3n) is 4.93. The van der Waals surface area contributed by atoms with E-state index in [1.54, 1.807) is 0 Å². The van der Waals surface area contributed by atoms with Gasteiger partial charge in [-0.15, -0.1) is 12.4 Å². The lowest BCUT2D eigenvalue weighted by molar-refractivity contribution is -0.123. The van der Waals surface area contributed by atoms with Crippen molar-refractivity contribution >= 4 is 18.3 Å². The van der Waals surface area contributed by atoms with E-state index in [0.29, 0.717) is 19.7 Å². The zero-order valence-electron chi connectivity index (χ0n) is 16.5. The second-order valence-electron chi connectivity index (χ2n) is 8.00. The Balaban J connectivity index is 0.00000338. The zero-order chi connectivity index (χ0) is 18.4. The smallest absolute Gasteiger partial charge is 0.234 e. The number of benzene rings is 1. The summed E-state index contributed by atoms with van der Waals surface area (Å²) < 4.78 is 5.70. The van der Waals surface area contributed by atoms with Crippen molar-refractivity contribution < 1.29 is 9.53 Å². The van der Waals surface area contributed by atoms with Gasteiger partial charge in [-0.3, -0.25) is 9.69 Å². The first-order valence-electron chi connectivity index (χ1n) is 9.21. The summed E-state index contributed by atoms with van der Waals surface area (Å²) in [6, 6.07) is 8.30. The van der Waals surface area contributed by atoms with E-state index in [-0.39, 0.29) is 35.9 Å². The summed E-state index contributed by atoms with van der Waals surface area (Å²) in [4.78, 5) is 14.5. The van der Waals surface area contributed by atoms with Gasteiger partial charge in [0.05, 0.1) is 19.3 Å². The molecule has 1 saturated heterocycles. The lowest BCUT2D eigenvalue weighted by Gasteiger charge is -2.42. The SMILES string of the molecule is CC(C)OCc1ccccc1CNC(=O)CN1CCC(N)C(C)(C)C1.Cl. The number of amides is 1. The minimum Gasteiger partial charge on any atom is -0.374 e. The molecule has 5 nitrogen and oxygen atoms in total. The van der Waals surface area contributed by atoms with Gasteiger partial charge >= 0.3 is 0 Å². The minimum atomic E-state index is 0. The van der Waals surface area contributed by atoms with Crippen molar-refractivity contribution in [2.24, 2.45) is 11.1 Å². The molecule has 0 radical (unpaired) electrons. The molecule has 0 aromatic heterocycles. The molecule has 0 bridgehead atoms. The Labute approximate surface area is 164 Å². The van der Waals surface area contributed by atoms with E-state index in [9.17, 15) is 4.79 Å². The van der Waals surface area contributed by atoms with Gasteiger partial charge in [-0.25, -0.2) is 0 Å². The molecule has 1 fully saturated rings. The third kappa shape index (κ3) is 6.88. The molecule has 1 heterocycles. The molecule has 1 unspecified atom stereocenters. The number of ether oxygens (including phenoxy) is 1. The predicted molar refractivity (Wildman–Crippen MR) is 108 cm³/mol. The molecule has 1 aliphatic rings. The molecule has 3 N–H and O–H groups in total. The van der Waals surface area contributed by atoms with Crippen LogP contribution in [0.4, 0.5) is 0 Å². The van der Waals surface area contributed by atoms with Gasteiger partial charge < -0.3 is 15.8 Å². The molecular weight excluding hydrogens is 350 g/mol. The number of hydrogen-bond acceptors (Lipinski definition) is 4. The van der Waals surface area contributed by atoms with E-state index < -0.39 is 0 Å². The Bertz CT molecular complexity index is 578. The van der Waals surface area contributed by atoms with Crippen molar-refractivity contribution in [3.63, 3.8) is 0 Å². The van der Waals surface area contributed by atoms with Crippen LogP contribution >= 0.6 is 12.4 Å². The maximum atomic E-state index is 12.3. The summed E-state index contributed by atoms with van der Waals surface area (Å²) >= 11 is 0. The lowest BCUT2D eigenvalue weighted by Crippen LogP contribution is -2.54. The molecule has 26 heavy (non-hydrogen) atoms. The molecule has 1 atom stereocenters. The normalized spacial score (nSPS) is 19.8. The number of hydrogen-bond donors (Lipinski definition) is 2. The van der Waals surface area contributed by atoms with Crippen LogP contribution in [-0.4, -0.2) is 42.6 Å². The van der Waals surface area contributed by atoms with Crippen molar-refractivity contribution in [3.05, 3.63) is 35.4 Å². The van der Waals surface area contributed by atoms with Gasteiger partial charge in [-0.2, -0.15) is 0 Å². The molecule has 1 aromatic carbocycles. The number of nitrogens with zero attached hydrogens (tertiary/aromatic N) is 1. The molecule has 1 aromatic rings. The van der Waals surface area contributed by atoms with Crippen LogP contribution in [0.25, 0.3) is 0 Å². The Morgan fingerprint density at radius 1 is 1.35 bits per heavy atom. The van der Waals surface area contributed by atoms with Crippen LogP contribution in [0, 0.1) is 5.41 Å². The second kappa shape index (κ2) is 10.3. The summed E-state index contributed by atoms with van der Waals surface area (Å²) in [5.41, 5.74) is 8.46. The Morgan fingerprint density at radius 2 is 2.00 bits per heavy atom. The molecule has 1 aliphatic heterocycles. The standard InChI is InChI=1S/C20H33N3O2.ClH/c1-15(2)25-13-17-8-6-5-7-16(17)11-22-19(24)12-23-10-9-18(21)20(3,4)14-23;/h5-8,15,18H,9-14,21H2,1-4H3,(H,22,24);1H. The molecule has 6 heteroatoms. The van der Waals surface area contributed by atoms with Crippen molar-refractivity contribution in [1.82, 2.24) is 10.2 Å². The molecule has 0 aliphatic carbocycles. The fourth-order valence-electron chi connectivity index (χ4n) is 3.20. The van der Waals surface area contributed by atoms with Crippen LogP contribution in [0.5, 0.6) is 0 Å². The second-order valence-corrected chi connectivity index (χ2v) is 8.00. The van der Waals surface area contributed by atoms with Crippen LogP contribution < -0.4 is 11.1 Å². The van der Waals surface area contributed by atoms with Gasteiger partial charge in [0.1, 0.15) is 0 Å². The quantitative estimate of drug-likeness (QED) is 0.759. The van der Waals surface area contributed by atoms with Crippen LogP contribution in [0.1, 0.15) is 45.2 Å². The first-order valence-corrected chi connectivity index (χ1v) is 9.21. The summed E-state index contributed by atoms with van der Waals surface area (Å²) in [5, 5.41) is 3.05. The highest BCUT2D eigenvalue weighted by molar-refractivity contribution is 5.85.